The van der Waals surface area contributed by atoms with Crippen LogP contribution in [0.25, 0.3) is 0 Å². The Kier molecular flexibility index (Phi) is 12.5. The Bertz CT molecular complexity index is 892. The van der Waals surface area contributed by atoms with E-state index in [0.717, 1.165) is 0 Å². The number of primary amides is 2. The average molecular weight is 492 g/mol. The first-order valence-electron chi connectivity index (χ1n) is 11.1. The lowest BCUT2D eigenvalue weighted by atomic mass is 10.0. The largest absolute Gasteiger partial charge is 0.445 e. The van der Waals surface area contributed by atoms with Gasteiger partial charge >= 0.3 is 6.09 Å². The summed E-state index contributed by atoms with van der Waals surface area (Å²) in [5, 5.41) is 7.15. The van der Waals surface area contributed by atoms with Gasteiger partial charge in [-0.3, -0.25) is 19.2 Å². The average Bonchev–Trinajstić information content (AvgIpc) is 2.79. The monoisotopic (exact) mass is 491 g/mol. The van der Waals surface area contributed by atoms with E-state index in [1.807, 2.05) is 13.8 Å². The van der Waals surface area contributed by atoms with Crippen molar-refractivity contribution in [2.75, 3.05) is 0 Å². The van der Waals surface area contributed by atoms with Gasteiger partial charge in [0.2, 0.25) is 23.6 Å². The number of nitrogens with one attached hydrogen (secondary N) is 3. The minimum absolute atomic E-state index is 0.0792. The van der Waals surface area contributed by atoms with Crippen molar-refractivity contribution in [2.45, 2.75) is 64.3 Å². The molecule has 1 rings (SSSR count). The fraction of sp³-hybridized carbons (Fsp3) is 0.478. The van der Waals surface area contributed by atoms with Crippen molar-refractivity contribution in [1.82, 2.24) is 16.0 Å². The van der Waals surface area contributed by atoms with Crippen molar-refractivity contribution in [3.63, 3.8) is 0 Å². The molecule has 0 unspecified atom stereocenters. The van der Waals surface area contributed by atoms with Crippen LogP contribution in [0.3, 0.4) is 0 Å². The smallest absolute Gasteiger partial charge is 0.408 e. The van der Waals surface area contributed by atoms with Crippen molar-refractivity contribution >= 4 is 36.0 Å². The van der Waals surface area contributed by atoms with E-state index in [1.54, 1.807) is 30.3 Å². The Balaban J connectivity index is 2.88. The van der Waals surface area contributed by atoms with E-state index in [4.69, 9.17) is 16.2 Å². The molecule has 3 atom stereocenters. The summed E-state index contributed by atoms with van der Waals surface area (Å²) in [6, 6.07) is 5.26. The van der Waals surface area contributed by atoms with Crippen LogP contribution in [0.15, 0.2) is 30.3 Å². The van der Waals surface area contributed by atoms with Gasteiger partial charge < -0.3 is 36.9 Å². The molecule has 0 fully saturated rings. The second-order valence-corrected chi connectivity index (χ2v) is 8.38. The molecular formula is C23H33N5O7. The van der Waals surface area contributed by atoms with Crippen molar-refractivity contribution in [3.8, 4) is 0 Å². The van der Waals surface area contributed by atoms with E-state index >= 15 is 0 Å². The Morgan fingerprint density at radius 2 is 1.54 bits per heavy atom. The summed E-state index contributed by atoms with van der Waals surface area (Å²) >= 11 is 0. The minimum Gasteiger partial charge on any atom is -0.445 e. The Morgan fingerprint density at radius 1 is 0.914 bits per heavy atom. The fourth-order valence-electron chi connectivity index (χ4n) is 3.08. The number of benzene rings is 1. The number of carbonyl (C=O) groups is 6. The molecule has 0 aliphatic rings. The zero-order chi connectivity index (χ0) is 26.4. The van der Waals surface area contributed by atoms with Gasteiger partial charge in [-0.05, 0) is 24.3 Å². The van der Waals surface area contributed by atoms with E-state index in [9.17, 15) is 28.8 Å². The maximum atomic E-state index is 12.8. The molecule has 5 amide bonds. The van der Waals surface area contributed by atoms with Crippen LogP contribution in [0.5, 0.6) is 0 Å². The van der Waals surface area contributed by atoms with Gasteiger partial charge in [-0.25, -0.2) is 4.79 Å². The van der Waals surface area contributed by atoms with Crippen LogP contribution in [0, 0.1) is 5.92 Å². The van der Waals surface area contributed by atoms with Gasteiger partial charge in [-0.1, -0.05) is 44.2 Å². The van der Waals surface area contributed by atoms with Crippen LogP contribution in [-0.2, 0) is 35.3 Å². The first-order valence-corrected chi connectivity index (χ1v) is 11.1. The summed E-state index contributed by atoms with van der Waals surface area (Å²) < 4.78 is 5.06. The quantitative estimate of drug-likeness (QED) is 0.206. The summed E-state index contributed by atoms with van der Waals surface area (Å²) in [7, 11) is 0. The molecule has 7 N–H and O–H groups in total. The Morgan fingerprint density at radius 3 is 2.09 bits per heavy atom. The molecule has 192 valence electrons. The van der Waals surface area contributed by atoms with Crippen LogP contribution in [0.2, 0.25) is 0 Å². The van der Waals surface area contributed by atoms with Crippen molar-refractivity contribution in [1.29, 1.82) is 0 Å². The lowest BCUT2D eigenvalue weighted by molar-refractivity contribution is -0.132. The lowest BCUT2D eigenvalue weighted by Gasteiger charge is -2.24. The third-order valence-corrected chi connectivity index (χ3v) is 4.76. The van der Waals surface area contributed by atoms with Crippen LogP contribution in [-0.4, -0.2) is 54.1 Å². The van der Waals surface area contributed by atoms with Gasteiger partial charge in [0.25, 0.3) is 0 Å². The maximum absolute atomic E-state index is 12.8. The molecule has 0 saturated heterocycles. The number of ether oxygens (including phenoxy) is 1. The highest BCUT2D eigenvalue weighted by Crippen LogP contribution is 2.06. The van der Waals surface area contributed by atoms with Gasteiger partial charge in [0, 0.05) is 6.42 Å². The summed E-state index contributed by atoms with van der Waals surface area (Å²) in [5.41, 5.74) is 11.1. The van der Waals surface area contributed by atoms with E-state index in [1.165, 1.54) is 0 Å². The predicted molar refractivity (Wildman–Crippen MR) is 125 cm³/mol. The van der Waals surface area contributed by atoms with E-state index < -0.39 is 54.3 Å². The van der Waals surface area contributed by atoms with E-state index in [2.05, 4.69) is 16.0 Å². The predicted octanol–water partition coefficient (Wildman–Crippen LogP) is -0.363. The van der Waals surface area contributed by atoms with Crippen LogP contribution in [0.4, 0.5) is 4.79 Å². The molecule has 1 aromatic carbocycles. The molecule has 35 heavy (non-hydrogen) atoms. The number of nitrogens with two attached hydrogens (primary N) is 2. The molecule has 12 nitrogen and oxygen atoms in total. The standard InChI is InChI=1S/C23H33N5O7/c1-14(2)10-16(12-29)26-21(32)17(8-9-19(24)30)27-22(33)18(11-20(25)31)28-23(34)35-13-15-6-4-3-5-7-15/h3-7,12,14,16-18H,8-11,13H2,1-2H3,(H2,24,30)(H2,25,31)(H,26,32)(H,27,33)(H,28,34)/t16-,17-,18-/m0/s1. The highest BCUT2D eigenvalue weighted by atomic mass is 16.5. The van der Waals surface area contributed by atoms with Crippen molar-refractivity contribution in [2.24, 2.45) is 17.4 Å². The zero-order valence-electron chi connectivity index (χ0n) is 19.8. The molecule has 0 spiro atoms. The molecule has 0 heterocycles. The summed E-state index contributed by atoms with van der Waals surface area (Å²) in [6.07, 6.45) is -1.01. The SMILES string of the molecule is CC(C)C[C@@H](C=O)NC(=O)[C@H](CCC(N)=O)NC(=O)[C@H](CC(N)=O)NC(=O)OCc1ccccc1. The van der Waals surface area contributed by atoms with E-state index in [-0.39, 0.29) is 25.4 Å². The molecule has 0 aromatic heterocycles. The number of carbonyl (C=O) groups excluding carboxylic acids is 6. The normalized spacial score (nSPS) is 13.1. The van der Waals surface area contributed by atoms with Gasteiger partial charge in [0.15, 0.2) is 0 Å². The first kappa shape index (κ1) is 29.1. The molecule has 0 saturated carbocycles. The lowest BCUT2D eigenvalue weighted by Crippen LogP contribution is -2.56. The van der Waals surface area contributed by atoms with Crippen molar-refractivity contribution in [3.05, 3.63) is 35.9 Å². The number of alkyl carbamates (subject to hydrolysis) is 1. The molecular weight excluding hydrogens is 458 g/mol. The van der Waals surface area contributed by atoms with Gasteiger partial charge in [-0.2, -0.15) is 0 Å². The van der Waals surface area contributed by atoms with Crippen LogP contribution < -0.4 is 27.4 Å². The number of amides is 5. The highest BCUT2D eigenvalue weighted by Gasteiger charge is 2.29. The summed E-state index contributed by atoms with van der Waals surface area (Å²) in [5.74, 6) is -3.11. The van der Waals surface area contributed by atoms with Gasteiger partial charge in [0.1, 0.15) is 25.0 Å². The van der Waals surface area contributed by atoms with Crippen LogP contribution in [0.1, 0.15) is 45.1 Å². The third kappa shape index (κ3) is 12.2. The van der Waals surface area contributed by atoms with Crippen LogP contribution >= 0.6 is 0 Å². The summed E-state index contributed by atoms with van der Waals surface area (Å²) in [4.78, 5) is 71.8. The first-order chi connectivity index (χ1) is 16.5. The molecule has 0 radical (unpaired) electrons. The second kappa shape index (κ2) is 15.0. The van der Waals surface area contributed by atoms with Gasteiger partial charge in [-0.15, -0.1) is 0 Å². The van der Waals surface area contributed by atoms with E-state index in [0.29, 0.717) is 18.3 Å². The highest BCUT2D eigenvalue weighted by molar-refractivity contribution is 5.94. The topological polar surface area (TPSA) is 200 Å². The number of rotatable bonds is 15. The number of hydrogen-bond acceptors (Lipinski definition) is 7. The fourth-order valence-corrected chi connectivity index (χ4v) is 3.08. The second-order valence-electron chi connectivity index (χ2n) is 8.38. The molecule has 12 heteroatoms. The molecule has 1 aromatic rings. The number of aldehydes is 1. The molecule has 0 aliphatic heterocycles. The molecule has 0 bridgehead atoms. The third-order valence-electron chi connectivity index (χ3n) is 4.76. The zero-order valence-corrected chi connectivity index (χ0v) is 19.8. The maximum Gasteiger partial charge on any atom is 0.408 e. The molecule has 0 aliphatic carbocycles. The summed E-state index contributed by atoms with van der Waals surface area (Å²) in [6.45, 7) is 3.65. The van der Waals surface area contributed by atoms with Gasteiger partial charge in [0.05, 0.1) is 12.5 Å². The minimum atomic E-state index is -1.45. The van der Waals surface area contributed by atoms with Crippen molar-refractivity contribution < 1.29 is 33.5 Å². The Hall–Kier alpha value is -3.96. The Labute approximate surface area is 203 Å². The number of hydrogen-bond donors (Lipinski definition) is 5.